The van der Waals surface area contributed by atoms with E-state index in [0.29, 0.717) is 5.75 Å². The molecule has 1 rings (SSSR count). The minimum absolute atomic E-state index is 0.126. The summed E-state index contributed by atoms with van der Waals surface area (Å²) in [4.78, 5) is 22.5. The molecule has 0 aliphatic carbocycles. The van der Waals surface area contributed by atoms with Gasteiger partial charge in [0.05, 0.1) is 17.8 Å². The average Bonchev–Trinajstić information content (AvgIpc) is 2.29. The summed E-state index contributed by atoms with van der Waals surface area (Å²) >= 11 is 2.01. The lowest BCUT2D eigenvalue weighted by atomic mass is 10.2. The van der Waals surface area contributed by atoms with E-state index in [1.165, 1.54) is 27.2 Å². The molecule has 0 aromatic heterocycles. The maximum Gasteiger partial charge on any atom is 0.341 e. The molecule has 0 saturated heterocycles. The van der Waals surface area contributed by atoms with E-state index in [0.717, 1.165) is 3.57 Å². The maximum atomic E-state index is 11.5. The van der Waals surface area contributed by atoms with Crippen LogP contribution in [0, 0.1) is 3.57 Å². The molecule has 0 N–H and O–H groups in total. The van der Waals surface area contributed by atoms with E-state index in [-0.39, 0.29) is 11.3 Å². The third kappa shape index (κ3) is 3.32. The molecule has 17 heavy (non-hydrogen) atoms. The van der Waals surface area contributed by atoms with E-state index in [1.807, 2.05) is 22.6 Å². The van der Waals surface area contributed by atoms with Gasteiger partial charge in [-0.05, 0) is 28.7 Å². The first kappa shape index (κ1) is 13.8. The number of esters is 2. The zero-order valence-corrected chi connectivity index (χ0v) is 11.7. The van der Waals surface area contributed by atoms with Gasteiger partial charge in [-0.25, -0.2) is 4.79 Å². The van der Waals surface area contributed by atoms with Gasteiger partial charge in [-0.3, -0.25) is 4.79 Å². The monoisotopic (exact) mass is 350 g/mol. The van der Waals surface area contributed by atoms with Gasteiger partial charge in [0.25, 0.3) is 0 Å². The van der Waals surface area contributed by atoms with E-state index in [2.05, 4.69) is 4.74 Å². The average molecular weight is 350 g/mol. The number of benzene rings is 1. The second kappa shape index (κ2) is 5.85. The minimum atomic E-state index is -0.568. The normalized spacial score (nSPS) is 9.65. The molecule has 0 unspecified atom stereocenters. The Bertz CT molecular complexity index is 455. The van der Waals surface area contributed by atoms with Crippen LogP contribution < -0.4 is 9.47 Å². The Morgan fingerprint density at radius 2 is 1.82 bits per heavy atom. The Morgan fingerprint density at radius 3 is 2.29 bits per heavy atom. The summed E-state index contributed by atoms with van der Waals surface area (Å²) < 4.78 is 15.4. The fourth-order valence-corrected chi connectivity index (χ4v) is 1.89. The largest absolute Gasteiger partial charge is 0.496 e. The van der Waals surface area contributed by atoms with Gasteiger partial charge in [0.15, 0.2) is 0 Å². The van der Waals surface area contributed by atoms with Crippen LogP contribution in [0.5, 0.6) is 11.5 Å². The first-order valence-corrected chi connectivity index (χ1v) is 5.71. The van der Waals surface area contributed by atoms with E-state index >= 15 is 0 Å². The van der Waals surface area contributed by atoms with Crippen molar-refractivity contribution in [3.05, 3.63) is 21.3 Å². The predicted molar refractivity (Wildman–Crippen MR) is 68.4 cm³/mol. The summed E-state index contributed by atoms with van der Waals surface area (Å²) in [5.74, 6) is -0.434. The molecule has 5 nitrogen and oxygen atoms in total. The lowest BCUT2D eigenvalue weighted by Gasteiger charge is -2.11. The molecule has 92 valence electrons. The van der Waals surface area contributed by atoms with Crippen LogP contribution in [0.15, 0.2) is 12.1 Å². The molecule has 0 heterocycles. The highest BCUT2D eigenvalue weighted by Crippen LogP contribution is 2.30. The van der Waals surface area contributed by atoms with Gasteiger partial charge in [0.2, 0.25) is 0 Å². The number of hydrogen-bond acceptors (Lipinski definition) is 5. The number of halogens is 1. The van der Waals surface area contributed by atoms with Crippen molar-refractivity contribution in [3.8, 4) is 11.5 Å². The molecular weight excluding hydrogens is 339 g/mol. The quantitative estimate of drug-likeness (QED) is 0.474. The summed E-state index contributed by atoms with van der Waals surface area (Å²) in [5.41, 5.74) is 0.188. The van der Waals surface area contributed by atoms with Crippen LogP contribution in [0.2, 0.25) is 0 Å². The number of carbonyl (C=O) groups excluding carboxylic acids is 2. The van der Waals surface area contributed by atoms with Crippen LogP contribution >= 0.6 is 22.6 Å². The Kier molecular flexibility index (Phi) is 4.73. The molecule has 0 fully saturated rings. The van der Waals surface area contributed by atoms with Gasteiger partial charge in [-0.15, -0.1) is 0 Å². The molecule has 1 aromatic carbocycles. The van der Waals surface area contributed by atoms with E-state index in [1.54, 1.807) is 6.07 Å². The Labute approximate surface area is 112 Å². The second-order valence-electron chi connectivity index (χ2n) is 3.07. The van der Waals surface area contributed by atoms with Crippen molar-refractivity contribution in [2.45, 2.75) is 6.92 Å². The van der Waals surface area contributed by atoms with E-state index in [9.17, 15) is 9.59 Å². The van der Waals surface area contributed by atoms with Crippen LogP contribution in [-0.4, -0.2) is 26.2 Å². The smallest absolute Gasteiger partial charge is 0.341 e. The zero-order valence-electron chi connectivity index (χ0n) is 9.57. The molecule has 0 saturated carbocycles. The number of carbonyl (C=O) groups is 2. The fraction of sp³-hybridized carbons (Fsp3) is 0.273. The van der Waals surface area contributed by atoms with Gasteiger partial charge < -0.3 is 14.2 Å². The van der Waals surface area contributed by atoms with Crippen molar-refractivity contribution in [1.29, 1.82) is 0 Å². The summed E-state index contributed by atoms with van der Waals surface area (Å²) in [7, 11) is 2.75. The third-order valence-electron chi connectivity index (χ3n) is 1.91. The van der Waals surface area contributed by atoms with Crippen molar-refractivity contribution >= 4 is 34.5 Å². The number of ether oxygens (including phenoxy) is 3. The van der Waals surface area contributed by atoms with E-state index in [4.69, 9.17) is 9.47 Å². The predicted octanol–water partition coefficient (Wildman–Crippen LogP) is 2.01. The second-order valence-corrected chi connectivity index (χ2v) is 4.23. The molecule has 0 aliphatic rings. The first-order chi connectivity index (χ1) is 7.99. The Morgan fingerprint density at radius 1 is 1.18 bits per heavy atom. The molecule has 0 bridgehead atoms. The highest BCUT2D eigenvalue weighted by molar-refractivity contribution is 14.1. The van der Waals surface area contributed by atoms with Crippen LogP contribution in [0.25, 0.3) is 0 Å². The van der Waals surface area contributed by atoms with Crippen molar-refractivity contribution in [2.75, 3.05) is 14.2 Å². The van der Waals surface area contributed by atoms with Crippen LogP contribution in [-0.2, 0) is 9.53 Å². The molecular formula is C11H11IO5. The molecule has 6 heteroatoms. The lowest BCUT2D eigenvalue weighted by molar-refractivity contribution is -0.131. The first-order valence-electron chi connectivity index (χ1n) is 4.63. The molecule has 0 atom stereocenters. The van der Waals surface area contributed by atoms with Gasteiger partial charge in [0.1, 0.15) is 17.1 Å². The van der Waals surface area contributed by atoms with Gasteiger partial charge >= 0.3 is 11.9 Å². The van der Waals surface area contributed by atoms with Gasteiger partial charge in [-0.1, -0.05) is 0 Å². The molecule has 0 amide bonds. The van der Waals surface area contributed by atoms with Gasteiger partial charge in [-0.2, -0.15) is 0 Å². The lowest BCUT2D eigenvalue weighted by Crippen LogP contribution is -2.09. The highest BCUT2D eigenvalue weighted by Gasteiger charge is 2.18. The summed E-state index contributed by atoms with van der Waals surface area (Å²) in [6.45, 7) is 1.26. The van der Waals surface area contributed by atoms with Crippen LogP contribution in [0.1, 0.15) is 17.3 Å². The molecule has 0 aliphatic heterocycles. The Balaban J connectivity index is 3.30. The summed E-state index contributed by atoms with van der Waals surface area (Å²) in [6, 6.07) is 3.03. The minimum Gasteiger partial charge on any atom is -0.496 e. The highest BCUT2D eigenvalue weighted by atomic mass is 127. The number of methoxy groups -OCH3 is 2. The topological polar surface area (TPSA) is 61.8 Å². The molecule has 0 radical (unpaired) electrons. The van der Waals surface area contributed by atoms with Gasteiger partial charge in [0, 0.05) is 13.0 Å². The third-order valence-corrected chi connectivity index (χ3v) is 2.76. The number of rotatable bonds is 3. The fourth-order valence-electron chi connectivity index (χ4n) is 1.20. The molecule has 0 spiro atoms. The standard InChI is InChI=1S/C11H11IO5/c1-6(13)17-9-5-10(15-2)8(12)4-7(9)11(14)16-3/h4-5H,1-3H3. The molecule has 1 aromatic rings. The summed E-state index contributed by atoms with van der Waals surface area (Å²) in [5, 5.41) is 0. The van der Waals surface area contributed by atoms with Crippen molar-refractivity contribution in [1.82, 2.24) is 0 Å². The summed E-state index contributed by atoms with van der Waals surface area (Å²) in [6.07, 6.45) is 0. The van der Waals surface area contributed by atoms with Crippen molar-refractivity contribution in [3.63, 3.8) is 0 Å². The van der Waals surface area contributed by atoms with Crippen LogP contribution in [0.4, 0.5) is 0 Å². The SMILES string of the molecule is COC(=O)c1cc(I)c(OC)cc1OC(C)=O. The van der Waals surface area contributed by atoms with Crippen LogP contribution in [0.3, 0.4) is 0 Å². The van der Waals surface area contributed by atoms with Crippen molar-refractivity contribution in [2.24, 2.45) is 0 Å². The maximum absolute atomic E-state index is 11.5. The number of hydrogen-bond donors (Lipinski definition) is 0. The van der Waals surface area contributed by atoms with Crippen molar-refractivity contribution < 1.29 is 23.8 Å². The Hall–Kier alpha value is -1.31. The van der Waals surface area contributed by atoms with E-state index < -0.39 is 11.9 Å². The zero-order chi connectivity index (χ0) is 13.0.